The third kappa shape index (κ3) is 3.08. The first-order valence-electron chi connectivity index (χ1n) is 8.22. The summed E-state index contributed by atoms with van der Waals surface area (Å²) in [7, 11) is 0. The smallest absolute Gasteiger partial charge is 0.176 e. The second-order valence-electron chi connectivity index (χ2n) is 6.52. The molecule has 2 aromatic heterocycles. The van der Waals surface area contributed by atoms with Crippen LogP contribution in [-0.2, 0) is 0 Å². The summed E-state index contributed by atoms with van der Waals surface area (Å²) in [6.45, 7) is 16.3. The SMILES string of the molecule is C=C(C)c1c(C)c(-c2ccc(F)s2)c(C(=C)C)c(C)c1-c1ccc(F)s1. The Kier molecular flexibility index (Phi) is 5.00. The first-order valence-corrected chi connectivity index (χ1v) is 9.86. The third-order valence-corrected chi connectivity index (χ3v) is 6.28. The normalized spacial score (nSPS) is 11.0. The van der Waals surface area contributed by atoms with Gasteiger partial charge in [-0.15, -0.1) is 22.7 Å². The maximum Gasteiger partial charge on any atom is 0.176 e. The molecular formula is C22H20F2S2. The van der Waals surface area contributed by atoms with E-state index in [0.717, 1.165) is 77.0 Å². The maximum absolute atomic E-state index is 13.7. The summed E-state index contributed by atoms with van der Waals surface area (Å²) in [4.78, 5) is 1.74. The molecule has 0 spiro atoms. The van der Waals surface area contributed by atoms with Gasteiger partial charge in [-0.05, 0) is 74.2 Å². The second kappa shape index (κ2) is 6.93. The average molecular weight is 387 g/mol. The molecule has 0 saturated carbocycles. The molecular weight excluding hydrogens is 366 g/mol. The van der Waals surface area contributed by atoms with Gasteiger partial charge in [0.15, 0.2) is 10.3 Å². The van der Waals surface area contributed by atoms with Gasteiger partial charge in [0.2, 0.25) is 0 Å². The summed E-state index contributed by atoms with van der Waals surface area (Å²) >= 11 is 2.25. The summed E-state index contributed by atoms with van der Waals surface area (Å²) in [6.07, 6.45) is 0. The molecule has 1 aromatic carbocycles. The Morgan fingerprint density at radius 3 is 1.31 bits per heavy atom. The van der Waals surface area contributed by atoms with Crippen molar-refractivity contribution in [2.45, 2.75) is 27.7 Å². The quantitative estimate of drug-likeness (QED) is 0.425. The Morgan fingerprint density at radius 2 is 1.08 bits per heavy atom. The third-order valence-electron chi connectivity index (χ3n) is 4.49. The van der Waals surface area contributed by atoms with Gasteiger partial charge in [0.1, 0.15) is 0 Å². The minimum atomic E-state index is -0.217. The molecule has 3 rings (SSSR count). The zero-order chi connectivity index (χ0) is 19.2. The summed E-state index contributed by atoms with van der Waals surface area (Å²) in [5.41, 5.74) is 7.82. The number of hydrogen-bond donors (Lipinski definition) is 0. The summed E-state index contributed by atoms with van der Waals surface area (Å²) in [5.74, 6) is 0. The lowest BCUT2D eigenvalue weighted by Crippen LogP contribution is -2.02. The average Bonchev–Trinajstić information content (AvgIpc) is 3.16. The fraction of sp³-hybridized carbons (Fsp3) is 0.182. The summed E-state index contributed by atoms with van der Waals surface area (Å²) in [5, 5.41) is -0.433. The fourth-order valence-corrected chi connectivity index (χ4v) is 5.26. The minimum absolute atomic E-state index is 0.217. The molecule has 0 amide bonds. The van der Waals surface area contributed by atoms with Crippen molar-refractivity contribution >= 4 is 33.8 Å². The standard InChI is InChI=1S/C22H20F2S2/c1-11(2)19-13(5)22(16-8-10-18(24)26-16)20(12(3)4)14(6)21(19)15-7-9-17(23)25-15/h7-10H,1,3H2,2,4-6H3. The van der Waals surface area contributed by atoms with Gasteiger partial charge >= 0.3 is 0 Å². The lowest BCUT2D eigenvalue weighted by molar-refractivity contribution is 0.657. The van der Waals surface area contributed by atoms with Gasteiger partial charge < -0.3 is 0 Å². The lowest BCUT2D eigenvalue weighted by Gasteiger charge is -2.23. The highest BCUT2D eigenvalue weighted by Crippen LogP contribution is 2.46. The zero-order valence-corrected chi connectivity index (χ0v) is 16.9. The summed E-state index contributed by atoms with van der Waals surface area (Å²) < 4.78 is 27.4. The van der Waals surface area contributed by atoms with Gasteiger partial charge in [0.05, 0.1) is 0 Å². The number of hydrogen-bond acceptors (Lipinski definition) is 2. The van der Waals surface area contributed by atoms with E-state index in [9.17, 15) is 8.78 Å². The topological polar surface area (TPSA) is 0 Å². The van der Waals surface area contributed by atoms with Crippen molar-refractivity contribution in [2.75, 3.05) is 0 Å². The number of benzene rings is 1. The molecule has 4 heteroatoms. The highest BCUT2D eigenvalue weighted by molar-refractivity contribution is 7.14. The van der Waals surface area contributed by atoms with Crippen LogP contribution < -0.4 is 0 Å². The number of allylic oxidation sites excluding steroid dienone is 2. The zero-order valence-electron chi connectivity index (χ0n) is 15.3. The molecule has 3 aromatic rings. The van der Waals surface area contributed by atoms with E-state index >= 15 is 0 Å². The number of thiophene rings is 2. The van der Waals surface area contributed by atoms with Gasteiger partial charge in [-0.25, -0.2) is 0 Å². The Bertz CT molecular complexity index is 951. The van der Waals surface area contributed by atoms with Crippen LogP contribution >= 0.6 is 22.7 Å². The van der Waals surface area contributed by atoms with E-state index in [2.05, 4.69) is 13.2 Å². The lowest BCUT2D eigenvalue weighted by atomic mass is 9.82. The molecule has 26 heavy (non-hydrogen) atoms. The van der Waals surface area contributed by atoms with E-state index in [-0.39, 0.29) is 10.3 Å². The second-order valence-corrected chi connectivity index (χ2v) is 8.59. The van der Waals surface area contributed by atoms with Crippen LogP contribution in [0.2, 0.25) is 0 Å². The van der Waals surface area contributed by atoms with E-state index in [1.807, 2.05) is 27.7 Å². The first-order chi connectivity index (χ1) is 12.2. The first kappa shape index (κ1) is 18.7. The molecule has 2 heterocycles. The molecule has 0 aliphatic carbocycles. The van der Waals surface area contributed by atoms with E-state index in [1.54, 1.807) is 12.1 Å². The van der Waals surface area contributed by atoms with Crippen molar-refractivity contribution in [3.8, 4) is 20.9 Å². The Labute approximate surface area is 161 Å². The molecule has 134 valence electrons. The molecule has 0 bridgehead atoms. The molecule has 0 radical (unpaired) electrons. The Balaban J connectivity index is 2.49. The van der Waals surface area contributed by atoms with E-state index in [4.69, 9.17) is 0 Å². The largest absolute Gasteiger partial charge is 0.195 e. The van der Waals surface area contributed by atoms with Gasteiger partial charge in [-0.2, -0.15) is 8.78 Å². The van der Waals surface area contributed by atoms with Gasteiger partial charge in [-0.3, -0.25) is 0 Å². The number of halogens is 2. The fourth-order valence-electron chi connectivity index (χ4n) is 3.58. The van der Waals surface area contributed by atoms with Crippen molar-refractivity contribution < 1.29 is 8.78 Å². The van der Waals surface area contributed by atoms with E-state index < -0.39 is 0 Å². The van der Waals surface area contributed by atoms with Crippen LogP contribution in [0, 0.1) is 24.1 Å². The van der Waals surface area contributed by atoms with Crippen molar-refractivity contribution in [1.82, 2.24) is 0 Å². The highest BCUT2D eigenvalue weighted by atomic mass is 32.1. The number of rotatable bonds is 4. The van der Waals surface area contributed by atoms with Crippen LogP contribution in [0.1, 0.15) is 36.1 Å². The predicted molar refractivity (Wildman–Crippen MR) is 112 cm³/mol. The van der Waals surface area contributed by atoms with E-state index in [0.29, 0.717) is 0 Å². The molecule has 0 atom stereocenters. The van der Waals surface area contributed by atoms with E-state index in [1.165, 1.54) is 12.1 Å². The summed E-state index contributed by atoms with van der Waals surface area (Å²) in [6, 6.07) is 6.59. The van der Waals surface area contributed by atoms with Crippen molar-refractivity contribution in [3.05, 3.63) is 69.9 Å². The minimum Gasteiger partial charge on any atom is -0.195 e. The molecule has 0 nitrogen and oxygen atoms in total. The molecule has 0 N–H and O–H groups in total. The van der Waals surface area contributed by atoms with Crippen LogP contribution in [0.15, 0.2) is 37.4 Å². The molecule has 0 saturated heterocycles. The van der Waals surface area contributed by atoms with Gasteiger partial charge in [-0.1, -0.05) is 24.3 Å². The predicted octanol–water partition coefficient (Wildman–Crippen LogP) is 8.10. The van der Waals surface area contributed by atoms with Crippen LogP contribution in [0.5, 0.6) is 0 Å². The molecule has 0 aliphatic heterocycles. The van der Waals surface area contributed by atoms with Gasteiger partial charge in [0.25, 0.3) is 0 Å². The van der Waals surface area contributed by atoms with Crippen LogP contribution in [-0.4, -0.2) is 0 Å². The molecule has 0 unspecified atom stereocenters. The van der Waals surface area contributed by atoms with Crippen molar-refractivity contribution in [3.63, 3.8) is 0 Å². The molecule has 0 fully saturated rings. The van der Waals surface area contributed by atoms with Gasteiger partial charge in [0, 0.05) is 20.9 Å². The Hall–Kier alpha value is -2.04. The molecule has 0 aliphatic rings. The van der Waals surface area contributed by atoms with Crippen LogP contribution in [0.25, 0.3) is 32.0 Å². The highest BCUT2D eigenvalue weighted by Gasteiger charge is 2.24. The maximum atomic E-state index is 13.7. The van der Waals surface area contributed by atoms with Crippen LogP contribution in [0.4, 0.5) is 8.78 Å². The Morgan fingerprint density at radius 1 is 0.731 bits per heavy atom. The van der Waals surface area contributed by atoms with Crippen molar-refractivity contribution in [2.24, 2.45) is 0 Å². The van der Waals surface area contributed by atoms with Crippen LogP contribution in [0.3, 0.4) is 0 Å². The monoisotopic (exact) mass is 386 g/mol. The van der Waals surface area contributed by atoms with Crippen molar-refractivity contribution in [1.29, 1.82) is 0 Å².